The molecule has 0 bridgehead atoms. The highest BCUT2D eigenvalue weighted by atomic mass is 32.1. The second-order valence-electron chi connectivity index (χ2n) is 8.20. The molecule has 32 heavy (non-hydrogen) atoms. The quantitative estimate of drug-likeness (QED) is 0.431. The minimum Gasteiger partial charge on any atom is -0.383 e. The predicted molar refractivity (Wildman–Crippen MR) is 128 cm³/mol. The molecular formula is C25H26N4O2S. The summed E-state index contributed by atoms with van der Waals surface area (Å²) in [5, 5.41) is 5.27. The van der Waals surface area contributed by atoms with Crippen molar-refractivity contribution in [2.75, 3.05) is 33.4 Å². The predicted octanol–water partition coefficient (Wildman–Crippen LogP) is 4.21. The summed E-state index contributed by atoms with van der Waals surface area (Å²) in [6.07, 6.45) is 4.66. The van der Waals surface area contributed by atoms with Gasteiger partial charge in [0.1, 0.15) is 4.83 Å². The number of fused-ring (bicyclic) bond motifs is 2. The lowest BCUT2D eigenvalue weighted by atomic mass is 9.95. The Bertz CT molecular complexity index is 1260. The molecule has 4 heterocycles. The van der Waals surface area contributed by atoms with E-state index in [0.29, 0.717) is 19.1 Å². The zero-order valence-corrected chi connectivity index (χ0v) is 18.9. The molecule has 0 spiro atoms. The fourth-order valence-corrected chi connectivity index (χ4v) is 5.71. The van der Waals surface area contributed by atoms with Crippen LogP contribution in [0.15, 0.2) is 54.9 Å². The van der Waals surface area contributed by atoms with Gasteiger partial charge in [0.2, 0.25) is 0 Å². The van der Waals surface area contributed by atoms with Crippen molar-refractivity contribution in [3.05, 3.63) is 70.9 Å². The van der Waals surface area contributed by atoms with E-state index in [-0.39, 0.29) is 5.91 Å². The number of nitrogens with one attached hydrogen (secondary N) is 1. The van der Waals surface area contributed by atoms with E-state index in [0.717, 1.165) is 52.2 Å². The first kappa shape index (κ1) is 21.0. The van der Waals surface area contributed by atoms with E-state index in [1.165, 1.54) is 22.3 Å². The first-order valence-corrected chi connectivity index (χ1v) is 11.7. The highest BCUT2D eigenvalue weighted by molar-refractivity contribution is 7.20. The number of rotatable bonds is 7. The molecule has 5 rings (SSSR count). The molecule has 0 aliphatic carbocycles. The SMILES string of the molecule is COCCNC(=O)c1sc2ncccc2c1[C@@H]1CCN(Cc2ccc3ncccc3c2)C1. The molecule has 3 aromatic heterocycles. The summed E-state index contributed by atoms with van der Waals surface area (Å²) < 4.78 is 5.08. The lowest BCUT2D eigenvalue weighted by Gasteiger charge is -2.17. The average Bonchev–Trinajstić information content (AvgIpc) is 3.43. The molecule has 0 unspecified atom stereocenters. The first-order valence-electron chi connectivity index (χ1n) is 10.9. The molecule has 1 aromatic carbocycles. The number of ether oxygens (including phenoxy) is 1. The molecule has 1 atom stereocenters. The molecular weight excluding hydrogens is 420 g/mol. The standard InChI is InChI=1S/C25H26N4O2S/c1-31-13-11-27-24(30)23-22(20-5-3-10-28-25(20)32-23)19-8-12-29(16-19)15-17-6-7-21-18(14-17)4-2-9-26-21/h2-7,9-10,14,19H,8,11-13,15-16H2,1H3,(H,27,30)/t19-/m1/s1. The van der Waals surface area contributed by atoms with Gasteiger partial charge in [-0.1, -0.05) is 18.2 Å². The topological polar surface area (TPSA) is 67.3 Å². The largest absolute Gasteiger partial charge is 0.383 e. The second-order valence-corrected chi connectivity index (χ2v) is 9.20. The molecule has 1 amide bonds. The fourth-order valence-electron chi connectivity index (χ4n) is 4.57. The van der Waals surface area contributed by atoms with Gasteiger partial charge in [-0.2, -0.15) is 0 Å². The number of methoxy groups -OCH3 is 1. The molecule has 1 fully saturated rings. The summed E-state index contributed by atoms with van der Waals surface area (Å²) in [4.78, 5) is 26.1. The van der Waals surface area contributed by atoms with Gasteiger partial charge in [-0.25, -0.2) is 4.98 Å². The molecule has 1 N–H and O–H groups in total. The Kier molecular flexibility index (Phi) is 6.12. The highest BCUT2D eigenvalue weighted by Crippen LogP contribution is 2.39. The molecule has 1 saturated heterocycles. The van der Waals surface area contributed by atoms with E-state index in [9.17, 15) is 4.79 Å². The number of benzene rings is 1. The molecule has 1 aliphatic rings. The van der Waals surface area contributed by atoms with Crippen molar-refractivity contribution in [1.82, 2.24) is 20.2 Å². The summed E-state index contributed by atoms with van der Waals surface area (Å²) in [5.41, 5.74) is 3.47. The number of hydrogen-bond donors (Lipinski definition) is 1. The molecule has 1 aliphatic heterocycles. The van der Waals surface area contributed by atoms with Crippen LogP contribution in [0.5, 0.6) is 0 Å². The van der Waals surface area contributed by atoms with E-state index < -0.39 is 0 Å². The van der Waals surface area contributed by atoms with Crippen LogP contribution in [-0.4, -0.2) is 54.1 Å². The third-order valence-electron chi connectivity index (χ3n) is 6.06. The van der Waals surface area contributed by atoms with Gasteiger partial charge in [0, 0.05) is 55.8 Å². The summed E-state index contributed by atoms with van der Waals surface area (Å²) >= 11 is 1.49. The van der Waals surface area contributed by atoms with Crippen LogP contribution in [-0.2, 0) is 11.3 Å². The van der Waals surface area contributed by atoms with Gasteiger partial charge in [0.25, 0.3) is 5.91 Å². The van der Waals surface area contributed by atoms with Crippen molar-refractivity contribution in [3.8, 4) is 0 Å². The van der Waals surface area contributed by atoms with E-state index in [1.54, 1.807) is 13.3 Å². The number of thiophene rings is 1. The minimum atomic E-state index is -0.0273. The van der Waals surface area contributed by atoms with Crippen LogP contribution in [0.4, 0.5) is 0 Å². The molecule has 4 aromatic rings. The summed E-state index contributed by atoms with van der Waals surface area (Å²) in [7, 11) is 1.64. The maximum atomic E-state index is 13.0. The maximum Gasteiger partial charge on any atom is 0.261 e. The number of likely N-dealkylation sites (tertiary alicyclic amines) is 1. The minimum absolute atomic E-state index is 0.0273. The summed E-state index contributed by atoms with van der Waals surface area (Å²) in [6, 6.07) is 14.6. The smallest absolute Gasteiger partial charge is 0.261 e. The molecule has 6 nitrogen and oxygen atoms in total. The first-order chi connectivity index (χ1) is 15.7. The van der Waals surface area contributed by atoms with Gasteiger partial charge in [0.15, 0.2) is 0 Å². The third-order valence-corrected chi connectivity index (χ3v) is 7.18. The Labute approximate surface area is 191 Å². The van der Waals surface area contributed by atoms with Crippen LogP contribution >= 0.6 is 11.3 Å². The molecule has 0 saturated carbocycles. The van der Waals surface area contributed by atoms with Gasteiger partial charge in [-0.15, -0.1) is 11.3 Å². The molecule has 7 heteroatoms. The number of pyridine rings is 2. The highest BCUT2D eigenvalue weighted by Gasteiger charge is 2.31. The van der Waals surface area contributed by atoms with Crippen LogP contribution in [0, 0.1) is 0 Å². The van der Waals surface area contributed by atoms with E-state index >= 15 is 0 Å². The zero-order valence-electron chi connectivity index (χ0n) is 18.1. The van der Waals surface area contributed by atoms with Crippen molar-refractivity contribution < 1.29 is 9.53 Å². The van der Waals surface area contributed by atoms with Gasteiger partial charge >= 0.3 is 0 Å². The number of amides is 1. The van der Waals surface area contributed by atoms with Crippen LogP contribution in [0.25, 0.3) is 21.1 Å². The third kappa shape index (κ3) is 4.24. The van der Waals surface area contributed by atoms with Crippen molar-refractivity contribution in [3.63, 3.8) is 0 Å². The number of nitrogens with zero attached hydrogens (tertiary/aromatic N) is 3. The summed E-state index contributed by atoms with van der Waals surface area (Å²) in [6.45, 7) is 3.85. The number of hydrogen-bond acceptors (Lipinski definition) is 6. The van der Waals surface area contributed by atoms with Crippen molar-refractivity contribution in [1.29, 1.82) is 0 Å². The molecule has 164 valence electrons. The number of aromatic nitrogens is 2. The second kappa shape index (κ2) is 9.32. The Morgan fingerprint density at radius 3 is 3.00 bits per heavy atom. The van der Waals surface area contributed by atoms with Crippen molar-refractivity contribution in [2.45, 2.75) is 18.9 Å². The lowest BCUT2D eigenvalue weighted by Crippen LogP contribution is -2.27. The van der Waals surface area contributed by atoms with E-state index in [1.807, 2.05) is 18.3 Å². The zero-order chi connectivity index (χ0) is 21.9. The van der Waals surface area contributed by atoms with Gasteiger partial charge < -0.3 is 10.1 Å². The fraction of sp³-hybridized carbons (Fsp3) is 0.320. The van der Waals surface area contributed by atoms with Gasteiger partial charge in [0.05, 0.1) is 17.0 Å². The lowest BCUT2D eigenvalue weighted by molar-refractivity contribution is 0.0940. The van der Waals surface area contributed by atoms with Crippen LogP contribution in [0.3, 0.4) is 0 Å². The molecule has 0 radical (unpaired) electrons. The van der Waals surface area contributed by atoms with Crippen LogP contribution in [0.1, 0.15) is 33.1 Å². The van der Waals surface area contributed by atoms with Crippen molar-refractivity contribution >= 4 is 38.4 Å². The Balaban J connectivity index is 1.37. The number of carbonyl (C=O) groups excluding carboxylic acids is 1. The number of carbonyl (C=O) groups is 1. The van der Waals surface area contributed by atoms with Gasteiger partial charge in [-0.05, 0) is 48.4 Å². The maximum absolute atomic E-state index is 13.0. The Hall–Kier alpha value is -2.87. The monoisotopic (exact) mass is 446 g/mol. The van der Waals surface area contributed by atoms with Crippen LogP contribution < -0.4 is 5.32 Å². The van der Waals surface area contributed by atoms with Crippen LogP contribution in [0.2, 0.25) is 0 Å². The van der Waals surface area contributed by atoms with E-state index in [4.69, 9.17) is 4.74 Å². The normalized spacial score (nSPS) is 16.7. The summed E-state index contributed by atoms with van der Waals surface area (Å²) in [5.74, 6) is 0.291. The van der Waals surface area contributed by atoms with Gasteiger partial charge in [-0.3, -0.25) is 14.7 Å². The Morgan fingerprint density at radius 2 is 2.09 bits per heavy atom. The Morgan fingerprint density at radius 1 is 1.22 bits per heavy atom. The van der Waals surface area contributed by atoms with E-state index in [2.05, 4.69) is 50.5 Å². The average molecular weight is 447 g/mol. The van der Waals surface area contributed by atoms with Crippen molar-refractivity contribution in [2.24, 2.45) is 0 Å².